The summed E-state index contributed by atoms with van der Waals surface area (Å²) < 4.78 is 5.31. The minimum Gasteiger partial charge on any atom is -0.444 e. The number of hydrogen-bond donors (Lipinski definition) is 0. The predicted molar refractivity (Wildman–Crippen MR) is 95.4 cm³/mol. The third-order valence-corrected chi connectivity index (χ3v) is 4.76. The van der Waals surface area contributed by atoms with Gasteiger partial charge in [-0.3, -0.25) is 14.6 Å². The summed E-state index contributed by atoms with van der Waals surface area (Å²) in [5.41, 5.74) is 0.272. The van der Waals surface area contributed by atoms with Gasteiger partial charge < -0.3 is 9.64 Å². The van der Waals surface area contributed by atoms with Crippen molar-refractivity contribution in [2.75, 3.05) is 13.6 Å². The van der Waals surface area contributed by atoms with Crippen molar-refractivity contribution in [3.8, 4) is 0 Å². The predicted octanol–water partition coefficient (Wildman–Crippen LogP) is 2.63. The number of carbonyl (C=O) groups excluding carboxylic acids is 3. The van der Waals surface area contributed by atoms with Crippen LogP contribution in [0.1, 0.15) is 39.3 Å². The largest absolute Gasteiger partial charge is 0.444 e. The summed E-state index contributed by atoms with van der Waals surface area (Å²) in [6.07, 6.45) is -0.528. The van der Waals surface area contributed by atoms with Crippen LogP contribution in [-0.4, -0.2) is 64.0 Å². The first kappa shape index (κ1) is 18.2. The van der Waals surface area contributed by atoms with Gasteiger partial charge in [0.05, 0.1) is 18.6 Å². The molecular formula is C19H25N3O4. The first-order valence-corrected chi connectivity index (χ1v) is 8.76. The Morgan fingerprint density at radius 2 is 1.77 bits per heavy atom. The number of urea groups is 1. The molecule has 0 aromatic heterocycles. The lowest BCUT2D eigenvalue weighted by molar-refractivity contribution is -0.129. The van der Waals surface area contributed by atoms with Gasteiger partial charge in [-0.1, -0.05) is 30.3 Å². The van der Waals surface area contributed by atoms with Crippen LogP contribution >= 0.6 is 0 Å². The van der Waals surface area contributed by atoms with Crippen LogP contribution < -0.4 is 0 Å². The Morgan fingerprint density at radius 3 is 2.35 bits per heavy atom. The van der Waals surface area contributed by atoms with Gasteiger partial charge in [0.1, 0.15) is 11.6 Å². The van der Waals surface area contributed by atoms with Crippen molar-refractivity contribution < 1.29 is 19.1 Å². The molecule has 3 atom stereocenters. The second-order valence-corrected chi connectivity index (χ2v) is 7.85. The normalized spacial score (nSPS) is 25.5. The maximum Gasteiger partial charge on any atom is 0.411 e. The molecule has 7 heteroatoms. The van der Waals surface area contributed by atoms with Gasteiger partial charge in [-0.15, -0.1) is 0 Å². The van der Waals surface area contributed by atoms with Crippen LogP contribution in [0.2, 0.25) is 0 Å². The number of hydrogen-bond acceptors (Lipinski definition) is 4. The van der Waals surface area contributed by atoms with Crippen molar-refractivity contribution in [2.45, 2.75) is 51.4 Å². The average Bonchev–Trinajstić information content (AvgIpc) is 3.33. The molecule has 0 bridgehead atoms. The first-order chi connectivity index (χ1) is 12.1. The Bertz CT molecular complexity index is 728. The van der Waals surface area contributed by atoms with E-state index in [9.17, 15) is 14.4 Å². The van der Waals surface area contributed by atoms with Gasteiger partial charge in [-0.25, -0.2) is 9.59 Å². The van der Waals surface area contributed by atoms with Crippen LogP contribution in [0.3, 0.4) is 0 Å². The molecule has 4 amide bonds. The molecule has 26 heavy (non-hydrogen) atoms. The van der Waals surface area contributed by atoms with E-state index in [4.69, 9.17) is 4.74 Å². The zero-order chi connectivity index (χ0) is 19.2. The van der Waals surface area contributed by atoms with Gasteiger partial charge in [0, 0.05) is 7.05 Å². The molecule has 2 saturated heterocycles. The van der Waals surface area contributed by atoms with Gasteiger partial charge in [-0.2, -0.15) is 0 Å². The fraction of sp³-hybridized carbons (Fsp3) is 0.526. The zero-order valence-corrected chi connectivity index (χ0v) is 15.8. The van der Waals surface area contributed by atoms with Crippen molar-refractivity contribution in [3.05, 3.63) is 35.9 Å². The number of nitrogens with zero attached hydrogens (tertiary/aromatic N) is 3. The fourth-order valence-electron chi connectivity index (χ4n) is 3.23. The van der Waals surface area contributed by atoms with E-state index in [-0.39, 0.29) is 30.6 Å². The van der Waals surface area contributed by atoms with Crippen LogP contribution in [0, 0.1) is 0 Å². The Morgan fingerprint density at radius 1 is 1.15 bits per heavy atom. The molecule has 3 rings (SSSR count). The molecule has 1 aromatic carbocycles. The van der Waals surface area contributed by atoms with Crippen LogP contribution in [0.4, 0.5) is 9.59 Å². The summed E-state index contributed by atoms with van der Waals surface area (Å²) in [5, 5.41) is 0. The molecule has 0 saturated carbocycles. The van der Waals surface area contributed by atoms with E-state index < -0.39 is 17.7 Å². The third-order valence-electron chi connectivity index (χ3n) is 4.76. The lowest BCUT2D eigenvalue weighted by Crippen LogP contribution is -2.41. The van der Waals surface area contributed by atoms with Crippen molar-refractivity contribution in [3.63, 3.8) is 0 Å². The molecule has 0 radical (unpaired) electrons. The summed E-state index contributed by atoms with van der Waals surface area (Å²) in [6, 6.07) is 7.98. The lowest BCUT2D eigenvalue weighted by atomic mass is 10.00. The highest BCUT2D eigenvalue weighted by molar-refractivity contribution is 6.02. The van der Waals surface area contributed by atoms with E-state index in [0.29, 0.717) is 0 Å². The molecule has 1 aromatic rings. The van der Waals surface area contributed by atoms with Crippen LogP contribution in [0.15, 0.2) is 30.3 Å². The van der Waals surface area contributed by atoms with Gasteiger partial charge in [0.25, 0.3) is 5.91 Å². The summed E-state index contributed by atoms with van der Waals surface area (Å²) >= 11 is 0. The van der Waals surface area contributed by atoms with Gasteiger partial charge in [-0.05, 0) is 33.3 Å². The van der Waals surface area contributed by atoms with Crippen molar-refractivity contribution >= 4 is 18.0 Å². The minimum atomic E-state index is -0.640. The molecule has 0 aliphatic carbocycles. The van der Waals surface area contributed by atoms with Crippen LogP contribution in [0.25, 0.3) is 0 Å². The van der Waals surface area contributed by atoms with E-state index in [1.165, 1.54) is 9.80 Å². The SMILES string of the molecule is C[C@H]1[C@@H](c2ccccc2)N(C(=O)[C@H]2CN2C(=O)OC(C)(C)C)C(=O)N1C. The average molecular weight is 359 g/mol. The molecule has 0 unspecified atom stereocenters. The standard InChI is InChI=1S/C19H25N3O4/c1-12-15(13-9-7-6-8-10-13)22(17(24)20(12)5)16(23)14-11-21(14)18(25)26-19(2,3)4/h6-10,12,14-15H,11H2,1-5H3/t12-,14+,15-,21?/m0/s1. The lowest BCUT2D eigenvalue weighted by Gasteiger charge is -2.24. The summed E-state index contributed by atoms with van der Waals surface area (Å²) in [5.74, 6) is -0.356. The van der Waals surface area contributed by atoms with E-state index in [0.717, 1.165) is 5.56 Å². The highest BCUT2D eigenvalue weighted by Gasteiger charge is 2.54. The summed E-state index contributed by atoms with van der Waals surface area (Å²) in [4.78, 5) is 42.0. The molecule has 2 aliphatic rings. The highest BCUT2D eigenvalue weighted by atomic mass is 16.6. The Hall–Kier alpha value is -2.57. The topological polar surface area (TPSA) is 69.9 Å². The van der Waals surface area contributed by atoms with E-state index in [2.05, 4.69) is 0 Å². The molecule has 7 nitrogen and oxygen atoms in total. The maximum absolute atomic E-state index is 13.0. The Balaban J connectivity index is 1.79. The fourth-order valence-corrected chi connectivity index (χ4v) is 3.23. The monoisotopic (exact) mass is 359 g/mol. The van der Waals surface area contributed by atoms with E-state index >= 15 is 0 Å². The van der Waals surface area contributed by atoms with Crippen molar-refractivity contribution in [1.82, 2.24) is 14.7 Å². The quantitative estimate of drug-likeness (QED) is 0.761. The molecule has 2 fully saturated rings. The Kier molecular flexibility index (Phi) is 4.42. The molecule has 0 spiro atoms. The smallest absolute Gasteiger partial charge is 0.411 e. The number of imide groups is 1. The summed E-state index contributed by atoms with van der Waals surface area (Å²) in [6.45, 7) is 7.52. The van der Waals surface area contributed by atoms with E-state index in [1.54, 1.807) is 32.7 Å². The molecule has 2 aliphatic heterocycles. The molecular weight excluding hydrogens is 334 g/mol. The number of rotatable bonds is 2. The number of amides is 4. The number of likely N-dealkylation sites (N-methyl/N-ethyl adjacent to an activating group) is 1. The number of ether oxygens (including phenoxy) is 1. The molecule has 0 N–H and O–H groups in total. The number of benzene rings is 1. The van der Waals surface area contributed by atoms with Gasteiger partial charge >= 0.3 is 12.1 Å². The van der Waals surface area contributed by atoms with Crippen LogP contribution in [-0.2, 0) is 9.53 Å². The van der Waals surface area contributed by atoms with Gasteiger partial charge in [0.2, 0.25) is 0 Å². The second kappa shape index (κ2) is 6.30. The van der Waals surface area contributed by atoms with Crippen molar-refractivity contribution in [1.29, 1.82) is 0 Å². The Labute approximate surface area is 153 Å². The highest BCUT2D eigenvalue weighted by Crippen LogP contribution is 2.37. The first-order valence-electron chi connectivity index (χ1n) is 8.76. The zero-order valence-electron chi connectivity index (χ0n) is 15.8. The molecule has 2 heterocycles. The van der Waals surface area contributed by atoms with E-state index in [1.807, 2.05) is 37.3 Å². The van der Waals surface area contributed by atoms with Crippen LogP contribution in [0.5, 0.6) is 0 Å². The number of carbonyl (C=O) groups is 3. The van der Waals surface area contributed by atoms with Gasteiger partial charge in [0.15, 0.2) is 0 Å². The summed E-state index contributed by atoms with van der Waals surface area (Å²) in [7, 11) is 1.69. The second-order valence-electron chi connectivity index (χ2n) is 7.85. The van der Waals surface area contributed by atoms with Crippen molar-refractivity contribution in [2.24, 2.45) is 0 Å². The molecule has 140 valence electrons. The minimum absolute atomic E-state index is 0.150. The third kappa shape index (κ3) is 3.25. The maximum atomic E-state index is 13.0.